The van der Waals surface area contributed by atoms with Gasteiger partial charge in [0.05, 0.1) is 13.2 Å². The van der Waals surface area contributed by atoms with Gasteiger partial charge < -0.3 is 9.47 Å². The first kappa shape index (κ1) is 10.4. The van der Waals surface area contributed by atoms with E-state index in [0.717, 1.165) is 12.8 Å². The summed E-state index contributed by atoms with van der Waals surface area (Å²) in [5.41, 5.74) is 0. The molecule has 1 atom stereocenters. The Kier molecular flexibility index (Phi) is 4.72. The molecule has 1 saturated heterocycles. The van der Waals surface area contributed by atoms with Crippen LogP contribution in [0.2, 0.25) is 0 Å². The van der Waals surface area contributed by atoms with Crippen molar-refractivity contribution in [3.05, 3.63) is 12.7 Å². The average molecular weight is 184 g/mol. The summed E-state index contributed by atoms with van der Waals surface area (Å²) in [6, 6.07) is 0. The van der Waals surface area contributed by atoms with Gasteiger partial charge in [-0.25, -0.2) is 0 Å². The molecule has 0 bridgehead atoms. The molecule has 3 nitrogen and oxygen atoms in total. The standard InChI is InChI=1S/C10H16O3/c1-2-3-5-12-8-10(11)9-4-6-13-7-9/h2,9H,1,3-8H2. The molecule has 0 aliphatic carbocycles. The fraction of sp³-hybridized carbons (Fsp3) is 0.700. The fourth-order valence-electron chi connectivity index (χ4n) is 1.25. The third-order valence-electron chi connectivity index (χ3n) is 2.10. The number of ketones is 1. The molecule has 1 rings (SSSR count). The van der Waals surface area contributed by atoms with Crippen molar-refractivity contribution in [1.82, 2.24) is 0 Å². The molecule has 0 amide bonds. The molecule has 0 aromatic heterocycles. The molecule has 1 aliphatic heterocycles. The summed E-state index contributed by atoms with van der Waals surface area (Å²) in [5, 5.41) is 0. The summed E-state index contributed by atoms with van der Waals surface area (Å²) in [6.07, 6.45) is 3.43. The van der Waals surface area contributed by atoms with E-state index >= 15 is 0 Å². The van der Waals surface area contributed by atoms with E-state index in [1.807, 2.05) is 0 Å². The minimum absolute atomic E-state index is 0.0729. The Morgan fingerprint density at radius 1 is 1.69 bits per heavy atom. The van der Waals surface area contributed by atoms with Crippen LogP contribution in [0.3, 0.4) is 0 Å². The number of carbonyl (C=O) groups is 1. The van der Waals surface area contributed by atoms with Gasteiger partial charge in [-0.3, -0.25) is 4.79 Å². The number of rotatable bonds is 6. The molecule has 0 spiro atoms. The molecule has 13 heavy (non-hydrogen) atoms. The Labute approximate surface area is 78.7 Å². The highest BCUT2D eigenvalue weighted by atomic mass is 16.5. The first-order valence-electron chi connectivity index (χ1n) is 4.63. The van der Waals surface area contributed by atoms with Gasteiger partial charge >= 0.3 is 0 Å². The van der Waals surface area contributed by atoms with E-state index in [9.17, 15) is 4.79 Å². The van der Waals surface area contributed by atoms with Gasteiger partial charge in [-0.2, -0.15) is 0 Å². The van der Waals surface area contributed by atoms with Gasteiger partial charge in [0.2, 0.25) is 0 Å². The molecular formula is C10H16O3. The summed E-state index contributed by atoms with van der Waals surface area (Å²) in [7, 11) is 0. The smallest absolute Gasteiger partial charge is 0.163 e. The van der Waals surface area contributed by atoms with Crippen LogP contribution in [0.4, 0.5) is 0 Å². The van der Waals surface area contributed by atoms with E-state index in [0.29, 0.717) is 19.8 Å². The molecule has 3 heteroatoms. The van der Waals surface area contributed by atoms with Gasteiger partial charge in [0.25, 0.3) is 0 Å². The average Bonchev–Trinajstić information content (AvgIpc) is 2.65. The number of Topliss-reactive ketones (excluding diaryl/α,β-unsaturated/α-hetero) is 1. The van der Waals surface area contributed by atoms with Crippen LogP contribution in [0.25, 0.3) is 0 Å². The summed E-state index contributed by atoms with van der Waals surface area (Å²) < 4.78 is 10.3. The topological polar surface area (TPSA) is 35.5 Å². The second-order valence-electron chi connectivity index (χ2n) is 3.16. The Morgan fingerprint density at radius 3 is 3.15 bits per heavy atom. The molecule has 1 heterocycles. The molecule has 0 aromatic carbocycles. The van der Waals surface area contributed by atoms with Crippen molar-refractivity contribution in [2.45, 2.75) is 12.8 Å². The van der Waals surface area contributed by atoms with Crippen molar-refractivity contribution in [1.29, 1.82) is 0 Å². The lowest BCUT2D eigenvalue weighted by atomic mass is 10.0. The lowest BCUT2D eigenvalue weighted by molar-refractivity contribution is -0.127. The lowest BCUT2D eigenvalue weighted by Gasteiger charge is -2.06. The third kappa shape index (κ3) is 3.70. The van der Waals surface area contributed by atoms with E-state index in [1.165, 1.54) is 0 Å². The van der Waals surface area contributed by atoms with Gasteiger partial charge in [-0.15, -0.1) is 6.58 Å². The predicted molar refractivity (Wildman–Crippen MR) is 49.6 cm³/mol. The molecule has 1 aliphatic rings. The second kappa shape index (κ2) is 5.89. The first-order valence-corrected chi connectivity index (χ1v) is 4.63. The summed E-state index contributed by atoms with van der Waals surface area (Å²) in [5.74, 6) is 0.241. The molecule has 74 valence electrons. The predicted octanol–water partition coefficient (Wildman–Crippen LogP) is 1.18. The van der Waals surface area contributed by atoms with Crippen molar-refractivity contribution in [2.24, 2.45) is 5.92 Å². The zero-order valence-electron chi connectivity index (χ0n) is 7.83. The number of carbonyl (C=O) groups excluding carboxylic acids is 1. The van der Waals surface area contributed by atoms with Crippen molar-refractivity contribution >= 4 is 5.78 Å². The minimum Gasteiger partial charge on any atom is -0.381 e. The van der Waals surface area contributed by atoms with E-state index < -0.39 is 0 Å². The molecule has 1 fully saturated rings. The maximum atomic E-state index is 11.4. The van der Waals surface area contributed by atoms with E-state index in [1.54, 1.807) is 6.08 Å². The molecule has 0 radical (unpaired) electrons. The second-order valence-corrected chi connectivity index (χ2v) is 3.16. The number of hydrogen-bond acceptors (Lipinski definition) is 3. The summed E-state index contributed by atoms with van der Waals surface area (Å²) in [6.45, 7) is 5.66. The Hall–Kier alpha value is -0.670. The molecule has 0 N–H and O–H groups in total. The summed E-state index contributed by atoms with van der Waals surface area (Å²) in [4.78, 5) is 11.4. The van der Waals surface area contributed by atoms with E-state index in [2.05, 4.69) is 6.58 Å². The van der Waals surface area contributed by atoms with E-state index in [-0.39, 0.29) is 18.3 Å². The number of hydrogen-bond donors (Lipinski definition) is 0. The van der Waals surface area contributed by atoms with Gasteiger partial charge in [0.15, 0.2) is 5.78 Å². The Bertz CT molecular complexity index is 171. The van der Waals surface area contributed by atoms with Crippen LogP contribution >= 0.6 is 0 Å². The Morgan fingerprint density at radius 2 is 2.54 bits per heavy atom. The first-order chi connectivity index (χ1) is 6.34. The van der Waals surface area contributed by atoms with Crippen molar-refractivity contribution in [2.75, 3.05) is 26.4 Å². The molecule has 0 saturated carbocycles. The molecular weight excluding hydrogens is 168 g/mol. The highest BCUT2D eigenvalue weighted by Crippen LogP contribution is 2.13. The third-order valence-corrected chi connectivity index (χ3v) is 2.10. The van der Waals surface area contributed by atoms with Crippen molar-refractivity contribution in [3.63, 3.8) is 0 Å². The van der Waals surface area contributed by atoms with E-state index in [4.69, 9.17) is 9.47 Å². The van der Waals surface area contributed by atoms with Crippen molar-refractivity contribution < 1.29 is 14.3 Å². The highest BCUT2D eigenvalue weighted by molar-refractivity contribution is 5.82. The zero-order chi connectivity index (χ0) is 9.52. The van der Waals surface area contributed by atoms with Gasteiger partial charge in [0, 0.05) is 12.5 Å². The van der Waals surface area contributed by atoms with Crippen LogP contribution in [-0.4, -0.2) is 32.2 Å². The Balaban J connectivity index is 2.06. The fourth-order valence-corrected chi connectivity index (χ4v) is 1.25. The van der Waals surface area contributed by atoms with Crippen LogP contribution in [-0.2, 0) is 14.3 Å². The zero-order valence-corrected chi connectivity index (χ0v) is 7.83. The highest BCUT2D eigenvalue weighted by Gasteiger charge is 2.22. The van der Waals surface area contributed by atoms with Gasteiger partial charge in [-0.1, -0.05) is 6.08 Å². The van der Waals surface area contributed by atoms with Crippen molar-refractivity contribution in [3.8, 4) is 0 Å². The van der Waals surface area contributed by atoms with Crippen LogP contribution in [0.5, 0.6) is 0 Å². The van der Waals surface area contributed by atoms with Crippen LogP contribution in [0.15, 0.2) is 12.7 Å². The normalized spacial score (nSPS) is 21.7. The van der Waals surface area contributed by atoms with Gasteiger partial charge in [0.1, 0.15) is 6.61 Å². The summed E-state index contributed by atoms with van der Waals surface area (Å²) >= 11 is 0. The minimum atomic E-state index is 0.0729. The monoisotopic (exact) mass is 184 g/mol. The van der Waals surface area contributed by atoms with Crippen LogP contribution in [0, 0.1) is 5.92 Å². The molecule has 1 unspecified atom stereocenters. The maximum absolute atomic E-state index is 11.4. The van der Waals surface area contributed by atoms with Crippen LogP contribution < -0.4 is 0 Å². The number of ether oxygens (including phenoxy) is 2. The molecule has 0 aromatic rings. The van der Waals surface area contributed by atoms with Crippen LogP contribution in [0.1, 0.15) is 12.8 Å². The maximum Gasteiger partial charge on any atom is 0.163 e. The quantitative estimate of drug-likeness (QED) is 0.459. The lowest BCUT2D eigenvalue weighted by Crippen LogP contribution is -2.20. The SMILES string of the molecule is C=CCCOCC(=O)C1CCOC1. The largest absolute Gasteiger partial charge is 0.381 e. The van der Waals surface area contributed by atoms with Gasteiger partial charge in [-0.05, 0) is 12.8 Å².